The molecule has 7 heteroatoms. The average Bonchev–Trinajstić information content (AvgIpc) is 2.61. The molecule has 0 aromatic carbocycles. The minimum Gasteiger partial charge on any atom is -0.442 e. The summed E-state index contributed by atoms with van der Waals surface area (Å²) in [6.07, 6.45) is 2.39. The molecule has 0 bridgehead atoms. The monoisotopic (exact) mass is 221 g/mol. The maximum Gasteiger partial charge on any atom is 0.304 e. The highest BCUT2D eigenvalue weighted by atomic mass is 16.6. The van der Waals surface area contributed by atoms with Crippen LogP contribution in [-0.2, 0) is 9.53 Å². The summed E-state index contributed by atoms with van der Waals surface area (Å²) in [4.78, 5) is 22.8. The molecule has 16 heavy (non-hydrogen) atoms. The first-order valence-corrected chi connectivity index (χ1v) is 4.70. The molecule has 0 radical (unpaired) electrons. The molecule has 0 aliphatic rings. The van der Waals surface area contributed by atoms with E-state index in [2.05, 4.69) is 15.0 Å². The Hall–Kier alpha value is -2.18. The number of imidazole rings is 1. The lowest BCUT2D eigenvalue weighted by Gasteiger charge is -2.13. The van der Waals surface area contributed by atoms with Crippen LogP contribution in [-0.4, -0.2) is 25.5 Å². The molecule has 0 spiro atoms. The Morgan fingerprint density at radius 1 is 1.50 bits per heavy atom. The van der Waals surface area contributed by atoms with Crippen LogP contribution in [0.4, 0.5) is 5.82 Å². The van der Waals surface area contributed by atoms with Gasteiger partial charge >= 0.3 is 5.97 Å². The highest BCUT2D eigenvalue weighted by molar-refractivity contribution is 5.81. The van der Waals surface area contributed by atoms with Crippen LogP contribution < -0.4 is 5.73 Å². The van der Waals surface area contributed by atoms with E-state index in [1.54, 1.807) is 11.5 Å². The summed E-state index contributed by atoms with van der Waals surface area (Å²) in [5.74, 6) is -0.0600. The number of fused-ring (bicyclic) bond motifs is 1. The lowest BCUT2D eigenvalue weighted by atomic mass is 10.5. The van der Waals surface area contributed by atoms with E-state index < -0.39 is 6.23 Å². The van der Waals surface area contributed by atoms with Gasteiger partial charge in [-0.3, -0.25) is 9.36 Å². The number of aromatic nitrogens is 4. The van der Waals surface area contributed by atoms with Gasteiger partial charge in [-0.1, -0.05) is 0 Å². The quantitative estimate of drug-likeness (QED) is 0.741. The van der Waals surface area contributed by atoms with Gasteiger partial charge in [-0.15, -0.1) is 0 Å². The van der Waals surface area contributed by atoms with E-state index in [-0.39, 0.29) is 5.97 Å². The topological polar surface area (TPSA) is 95.9 Å². The molecule has 2 aromatic rings. The number of hydrogen-bond donors (Lipinski definition) is 1. The van der Waals surface area contributed by atoms with Gasteiger partial charge in [-0.05, 0) is 6.92 Å². The second kappa shape index (κ2) is 3.76. The van der Waals surface area contributed by atoms with Crippen LogP contribution in [0.2, 0.25) is 0 Å². The van der Waals surface area contributed by atoms with Gasteiger partial charge in [0.2, 0.25) is 0 Å². The van der Waals surface area contributed by atoms with E-state index >= 15 is 0 Å². The Morgan fingerprint density at radius 2 is 2.25 bits per heavy atom. The molecule has 7 nitrogen and oxygen atoms in total. The summed E-state index contributed by atoms with van der Waals surface area (Å²) in [5.41, 5.74) is 6.68. The summed E-state index contributed by atoms with van der Waals surface area (Å²) >= 11 is 0. The summed E-state index contributed by atoms with van der Waals surface area (Å²) in [6, 6.07) is 0. The Bertz CT molecular complexity index is 536. The summed E-state index contributed by atoms with van der Waals surface area (Å²) < 4.78 is 6.65. The predicted octanol–water partition coefficient (Wildman–Crippen LogP) is 0.490. The molecule has 0 amide bonds. The van der Waals surface area contributed by atoms with Crippen molar-refractivity contribution in [2.24, 2.45) is 0 Å². The van der Waals surface area contributed by atoms with Crippen molar-refractivity contribution in [3.8, 4) is 0 Å². The second-order valence-electron chi connectivity index (χ2n) is 3.29. The summed E-state index contributed by atoms with van der Waals surface area (Å²) in [5, 5.41) is 0. The summed E-state index contributed by atoms with van der Waals surface area (Å²) in [6.45, 7) is 3.07. The van der Waals surface area contributed by atoms with Gasteiger partial charge in [-0.25, -0.2) is 15.0 Å². The Morgan fingerprint density at radius 3 is 2.94 bits per heavy atom. The zero-order valence-electron chi connectivity index (χ0n) is 8.91. The van der Waals surface area contributed by atoms with E-state index in [1.807, 2.05) is 0 Å². The molecule has 0 aliphatic carbocycles. The van der Waals surface area contributed by atoms with E-state index in [4.69, 9.17) is 10.5 Å². The Balaban J connectivity index is 2.46. The van der Waals surface area contributed by atoms with Gasteiger partial charge in [0.25, 0.3) is 0 Å². The maximum atomic E-state index is 10.8. The van der Waals surface area contributed by atoms with Crippen molar-refractivity contribution >= 4 is 23.0 Å². The van der Waals surface area contributed by atoms with Crippen LogP contribution in [0.3, 0.4) is 0 Å². The number of carbonyl (C=O) groups excluding carboxylic acids is 1. The molecule has 0 aliphatic heterocycles. The van der Waals surface area contributed by atoms with Crippen LogP contribution in [0.15, 0.2) is 12.7 Å². The van der Waals surface area contributed by atoms with Crippen molar-refractivity contribution in [3.63, 3.8) is 0 Å². The lowest BCUT2D eigenvalue weighted by molar-refractivity contribution is -0.149. The fourth-order valence-electron chi connectivity index (χ4n) is 1.43. The van der Waals surface area contributed by atoms with Crippen molar-refractivity contribution < 1.29 is 9.53 Å². The van der Waals surface area contributed by atoms with Crippen molar-refractivity contribution in [1.82, 2.24) is 19.5 Å². The maximum absolute atomic E-state index is 10.8. The zero-order chi connectivity index (χ0) is 11.7. The third-order valence-electron chi connectivity index (χ3n) is 2.12. The van der Waals surface area contributed by atoms with Gasteiger partial charge in [0.15, 0.2) is 17.7 Å². The smallest absolute Gasteiger partial charge is 0.304 e. The molecule has 2 aromatic heterocycles. The van der Waals surface area contributed by atoms with E-state index in [9.17, 15) is 4.79 Å². The number of hydrogen-bond acceptors (Lipinski definition) is 6. The second-order valence-corrected chi connectivity index (χ2v) is 3.29. The average molecular weight is 221 g/mol. The number of rotatable bonds is 2. The number of carbonyl (C=O) groups is 1. The van der Waals surface area contributed by atoms with Crippen LogP contribution in [0.25, 0.3) is 11.2 Å². The third-order valence-corrected chi connectivity index (χ3v) is 2.12. The van der Waals surface area contributed by atoms with Crippen LogP contribution in [0.5, 0.6) is 0 Å². The molecule has 0 saturated carbocycles. The minimum atomic E-state index is -0.475. The molecule has 2 rings (SSSR count). The van der Waals surface area contributed by atoms with Gasteiger partial charge in [0.05, 0.1) is 0 Å². The molecule has 84 valence electrons. The largest absolute Gasteiger partial charge is 0.442 e. The molecule has 2 heterocycles. The number of nitrogens with two attached hydrogens (primary N) is 1. The number of esters is 1. The predicted molar refractivity (Wildman–Crippen MR) is 56.2 cm³/mol. The first-order chi connectivity index (χ1) is 7.59. The molecule has 0 saturated heterocycles. The van der Waals surface area contributed by atoms with Crippen molar-refractivity contribution in [2.75, 3.05) is 5.73 Å². The molecular formula is C9H11N5O2. The van der Waals surface area contributed by atoms with Crippen LogP contribution in [0, 0.1) is 0 Å². The first kappa shape index (κ1) is 10.3. The van der Waals surface area contributed by atoms with Crippen LogP contribution in [0.1, 0.15) is 20.1 Å². The standard InChI is InChI=1S/C9H11N5O2/c1-5(16-6(2)15)14-4-13-7-8(10)11-3-12-9(7)14/h3-5H,1-2H3,(H2,10,11,12). The first-order valence-electron chi connectivity index (χ1n) is 4.70. The van der Waals surface area contributed by atoms with Gasteiger partial charge < -0.3 is 10.5 Å². The molecule has 1 atom stereocenters. The highest BCUT2D eigenvalue weighted by Gasteiger charge is 2.14. The SMILES string of the molecule is CC(=O)OC(C)n1cnc2c(N)ncnc21. The van der Waals surface area contributed by atoms with Crippen molar-refractivity contribution in [1.29, 1.82) is 0 Å². The molecule has 0 fully saturated rings. The van der Waals surface area contributed by atoms with Crippen molar-refractivity contribution in [3.05, 3.63) is 12.7 Å². The zero-order valence-corrected chi connectivity index (χ0v) is 8.91. The van der Waals surface area contributed by atoms with Gasteiger partial charge in [0.1, 0.15) is 18.2 Å². The van der Waals surface area contributed by atoms with Gasteiger partial charge in [-0.2, -0.15) is 0 Å². The Labute approximate surface area is 91.3 Å². The lowest BCUT2D eigenvalue weighted by Crippen LogP contribution is -2.12. The number of nitrogen functional groups attached to an aromatic ring is 1. The molecule has 1 unspecified atom stereocenters. The third kappa shape index (κ3) is 1.67. The number of nitrogens with zero attached hydrogens (tertiary/aromatic N) is 4. The van der Waals surface area contributed by atoms with Gasteiger partial charge in [0, 0.05) is 6.92 Å². The van der Waals surface area contributed by atoms with E-state index in [1.165, 1.54) is 19.6 Å². The van der Waals surface area contributed by atoms with E-state index in [0.29, 0.717) is 17.0 Å². The number of anilines is 1. The minimum absolute atomic E-state index is 0.304. The highest BCUT2D eigenvalue weighted by Crippen LogP contribution is 2.18. The fourth-order valence-corrected chi connectivity index (χ4v) is 1.43. The summed E-state index contributed by atoms with van der Waals surface area (Å²) in [7, 11) is 0. The molecular weight excluding hydrogens is 210 g/mol. The Kier molecular flexibility index (Phi) is 2.43. The number of ether oxygens (including phenoxy) is 1. The fraction of sp³-hybridized carbons (Fsp3) is 0.333. The molecule has 2 N–H and O–H groups in total. The normalized spacial score (nSPS) is 12.6. The van der Waals surface area contributed by atoms with E-state index in [0.717, 1.165) is 0 Å². The van der Waals surface area contributed by atoms with Crippen molar-refractivity contribution in [2.45, 2.75) is 20.1 Å². The van der Waals surface area contributed by atoms with Crippen LogP contribution >= 0.6 is 0 Å².